The molecule has 0 aromatic rings. The summed E-state index contributed by atoms with van der Waals surface area (Å²) in [6.07, 6.45) is 7.00. The van der Waals surface area contributed by atoms with E-state index in [0.717, 1.165) is 24.4 Å². The molecule has 0 aromatic heterocycles. The van der Waals surface area contributed by atoms with Gasteiger partial charge in [-0.2, -0.15) is 0 Å². The predicted octanol–water partition coefficient (Wildman–Crippen LogP) is 1.85. The quantitative estimate of drug-likeness (QED) is 0.702. The van der Waals surface area contributed by atoms with Crippen LogP contribution in [0.15, 0.2) is 0 Å². The lowest BCUT2D eigenvalue weighted by molar-refractivity contribution is 0.0625. The first kappa shape index (κ1) is 10.4. The second kappa shape index (κ2) is 4.63. The standard InChI is InChI=1S/C12H24N2/c1-2-7-14(9-10-3-4-10)12-6-5-11(12)8-13/h10-12H,2-9,13H2,1H3. The van der Waals surface area contributed by atoms with Crippen LogP contribution >= 0.6 is 0 Å². The van der Waals surface area contributed by atoms with Crippen LogP contribution in [0.2, 0.25) is 0 Å². The number of nitrogens with two attached hydrogens (primary N) is 1. The Morgan fingerprint density at radius 2 is 2.00 bits per heavy atom. The van der Waals surface area contributed by atoms with E-state index in [-0.39, 0.29) is 0 Å². The van der Waals surface area contributed by atoms with Gasteiger partial charge >= 0.3 is 0 Å². The van der Waals surface area contributed by atoms with Gasteiger partial charge in [0.05, 0.1) is 0 Å². The van der Waals surface area contributed by atoms with Crippen LogP contribution in [-0.2, 0) is 0 Å². The highest BCUT2D eigenvalue weighted by molar-refractivity contribution is 4.91. The lowest BCUT2D eigenvalue weighted by Gasteiger charge is -2.44. The topological polar surface area (TPSA) is 29.3 Å². The van der Waals surface area contributed by atoms with Crippen LogP contribution < -0.4 is 5.73 Å². The summed E-state index contributed by atoms with van der Waals surface area (Å²) in [5.41, 5.74) is 5.78. The fourth-order valence-corrected chi connectivity index (χ4v) is 2.62. The molecule has 2 rings (SSSR count). The van der Waals surface area contributed by atoms with Crippen molar-refractivity contribution in [3.63, 3.8) is 0 Å². The summed E-state index contributed by atoms with van der Waals surface area (Å²) in [6, 6.07) is 0.834. The normalized spacial score (nSPS) is 31.9. The molecule has 0 aromatic carbocycles. The fraction of sp³-hybridized carbons (Fsp3) is 1.00. The van der Waals surface area contributed by atoms with Crippen LogP contribution in [0.5, 0.6) is 0 Å². The molecule has 2 N–H and O–H groups in total. The molecule has 0 saturated heterocycles. The minimum atomic E-state index is 0.806. The molecule has 0 amide bonds. The predicted molar refractivity (Wildman–Crippen MR) is 60.2 cm³/mol. The Labute approximate surface area is 87.8 Å². The average Bonchev–Trinajstić information content (AvgIpc) is 2.87. The highest BCUT2D eigenvalue weighted by atomic mass is 15.2. The van der Waals surface area contributed by atoms with Crippen molar-refractivity contribution >= 4 is 0 Å². The van der Waals surface area contributed by atoms with E-state index in [4.69, 9.17) is 5.73 Å². The minimum absolute atomic E-state index is 0.806. The van der Waals surface area contributed by atoms with Crippen molar-refractivity contribution in [3.05, 3.63) is 0 Å². The Morgan fingerprint density at radius 1 is 1.21 bits per heavy atom. The SMILES string of the molecule is CCCN(CC1CC1)C1CCC1CN. The molecule has 14 heavy (non-hydrogen) atoms. The Bertz CT molecular complexity index is 175. The minimum Gasteiger partial charge on any atom is -0.330 e. The van der Waals surface area contributed by atoms with E-state index in [0.29, 0.717) is 0 Å². The molecular formula is C12H24N2. The molecule has 0 aliphatic heterocycles. The molecule has 0 radical (unpaired) electrons. The zero-order valence-corrected chi connectivity index (χ0v) is 9.41. The zero-order chi connectivity index (χ0) is 9.97. The van der Waals surface area contributed by atoms with Crippen molar-refractivity contribution in [2.45, 2.75) is 45.1 Å². The summed E-state index contributed by atoms with van der Waals surface area (Å²) in [4.78, 5) is 2.72. The largest absolute Gasteiger partial charge is 0.330 e. The van der Waals surface area contributed by atoms with Gasteiger partial charge in [0.2, 0.25) is 0 Å². The molecule has 82 valence electrons. The third-order valence-corrected chi connectivity index (χ3v) is 3.85. The maximum atomic E-state index is 5.78. The highest BCUT2D eigenvalue weighted by Gasteiger charge is 2.36. The van der Waals surface area contributed by atoms with Gasteiger partial charge in [0.1, 0.15) is 0 Å². The number of rotatable bonds is 6. The van der Waals surface area contributed by atoms with E-state index < -0.39 is 0 Å². The van der Waals surface area contributed by atoms with Gasteiger partial charge in [-0.1, -0.05) is 6.92 Å². The van der Waals surface area contributed by atoms with Crippen LogP contribution in [0.25, 0.3) is 0 Å². The highest BCUT2D eigenvalue weighted by Crippen LogP contribution is 2.36. The van der Waals surface area contributed by atoms with Crippen LogP contribution in [0.1, 0.15) is 39.0 Å². The molecule has 2 aliphatic rings. The average molecular weight is 196 g/mol. The summed E-state index contributed by atoms with van der Waals surface area (Å²) in [5.74, 6) is 1.83. The molecule has 2 fully saturated rings. The first-order chi connectivity index (χ1) is 6.85. The summed E-state index contributed by atoms with van der Waals surface area (Å²) in [7, 11) is 0. The number of hydrogen-bond acceptors (Lipinski definition) is 2. The van der Waals surface area contributed by atoms with Crippen molar-refractivity contribution < 1.29 is 0 Å². The summed E-state index contributed by atoms with van der Waals surface area (Å²) < 4.78 is 0. The zero-order valence-electron chi connectivity index (χ0n) is 9.41. The van der Waals surface area contributed by atoms with Crippen LogP contribution in [0.4, 0.5) is 0 Å². The summed E-state index contributed by atoms with van der Waals surface area (Å²) in [5, 5.41) is 0. The van der Waals surface area contributed by atoms with Gasteiger partial charge in [0.15, 0.2) is 0 Å². The summed E-state index contributed by atoms with van der Waals surface area (Å²) >= 11 is 0. The smallest absolute Gasteiger partial charge is 0.0136 e. The van der Waals surface area contributed by atoms with Gasteiger partial charge in [-0.25, -0.2) is 0 Å². The third kappa shape index (κ3) is 2.29. The van der Waals surface area contributed by atoms with E-state index in [2.05, 4.69) is 11.8 Å². The fourth-order valence-electron chi connectivity index (χ4n) is 2.62. The molecule has 2 aliphatic carbocycles. The lowest BCUT2D eigenvalue weighted by atomic mass is 9.78. The molecule has 2 unspecified atom stereocenters. The molecule has 2 nitrogen and oxygen atoms in total. The second-order valence-corrected chi connectivity index (χ2v) is 5.08. The Hall–Kier alpha value is -0.0800. The monoisotopic (exact) mass is 196 g/mol. The molecule has 0 spiro atoms. The van der Waals surface area contributed by atoms with E-state index in [1.165, 1.54) is 45.2 Å². The van der Waals surface area contributed by atoms with Crippen molar-refractivity contribution in [1.29, 1.82) is 0 Å². The Balaban J connectivity index is 1.81. The lowest BCUT2D eigenvalue weighted by Crippen LogP contribution is -2.50. The van der Waals surface area contributed by atoms with Gasteiger partial charge in [0, 0.05) is 12.6 Å². The van der Waals surface area contributed by atoms with Crippen molar-refractivity contribution in [2.24, 2.45) is 17.6 Å². The van der Waals surface area contributed by atoms with E-state index in [1.54, 1.807) is 0 Å². The van der Waals surface area contributed by atoms with Gasteiger partial charge in [-0.15, -0.1) is 0 Å². The Kier molecular flexibility index (Phi) is 3.45. The number of hydrogen-bond donors (Lipinski definition) is 1. The van der Waals surface area contributed by atoms with Gasteiger partial charge in [-0.3, -0.25) is 4.90 Å². The van der Waals surface area contributed by atoms with E-state index >= 15 is 0 Å². The number of nitrogens with zero attached hydrogens (tertiary/aromatic N) is 1. The maximum Gasteiger partial charge on any atom is 0.0136 e. The first-order valence-electron chi connectivity index (χ1n) is 6.29. The first-order valence-corrected chi connectivity index (χ1v) is 6.29. The molecular weight excluding hydrogens is 172 g/mol. The van der Waals surface area contributed by atoms with Crippen LogP contribution in [0, 0.1) is 11.8 Å². The second-order valence-electron chi connectivity index (χ2n) is 5.08. The van der Waals surface area contributed by atoms with Gasteiger partial charge in [-0.05, 0) is 57.0 Å². The van der Waals surface area contributed by atoms with E-state index in [9.17, 15) is 0 Å². The van der Waals surface area contributed by atoms with Crippen LogP contribution in [-0.4, -0.2) is 30.6 Å². The summed E-state index contributed by atoms with van der Waals surface area (Å²) in [6.45, 7) is 5.83. The van der Waals surface area contributed by atoms with Gasteiger partial charge in [0.25, 0.3) is 0 Å². The van der Waals surface area contributed by atoms with E-state index in [1.807, 2.05) is 0 Å². The van der Waals surface area contributed by atoms with Crippen molar-refractivity contribution in [2.75, 3.05) is 19.6 Å². The molecule has 2 saturated carbocycles. The van der Waals surface area contributed by atoms with Crippen molar-refractivity contribution in [3.8, 4) is 0 Å². The molecule has 0 bridgehead atoms. The van der Waals surface area contributed by atoms with Gasteiger partial charge < -0.3 is 5.73 Å². The van der Waals surface area contributed by atoms with Crippen LogP contribution in [0.3, 0.4) is 0 Å². The van der Waals surface area contributed by atoms with Crippen molar-refractivity contribution in [1.82, 2.24) is 4.90 Å². The molecule has 0 heterocycles. The molecule has 2 atom stereocenters. The Morgan fingerprint density at radius 3 is 2.43 bits per heavy atom. The maximum absolute atomic E-state index is 5.78. The molecule has 2 heteroatoms. The third-order valence-electron chi connectivity index (χ3n) is 3.85.